The van der Waals surface area contributed by atoms with Gasteiger partial charge in [0.15, 0.2) is 0 Å². The minimum absolute atomic E-state index is 0.0524. The fourth-order valence-electron chi connectivity index (χ4n) is 2.03. The maximum atomic E-state index is 14.0. The molecule has 0 radical (unpaired) electrons. The first-order valence-electron chi connectivity index (χ1n) is 6.81. The van der Waals surface area contributed by atoms with E-state index in [2.05, 4.69) is 15.6 Å². The van der Waals surface area contributed by atoms with Crippen molar-refractivity contribution in [3.8, 4) is 5.69 Å². The van der Waals surface area contributed by atoms with E-state index in [1.165, 1.54) is 6.07 Å². The molecule has 0 saturated heterocycles. The van der Waals surface area contributed by atoms with Gasteiger partial charge in [-0.25, -0.2) is 9.37 Å². The Labute approximate surface area is 123 Å². The number of amides is 1. The van der Waals surface area contributed by atoms with E-state index in [-0.39, 0.29) is 17.6 Å². The highest BCUT2D eigenvalue weighted by Gasteiger charge is 2.11. The molecule has 0 fully saturated rings. The van der Waals surface area contributed by atoms with Gasteiger partial charge >= 0.3 is 0 Å². The minimum atomic E-state index is -0.344. The number of aromatic nitrogens is 2. The molecule has 112 valence electrons. The summed E-state index contributed by atoms with van der Waals surface area (Å²) in [5.41, 5.74) is 1.16. The lowest BCUT2D eigenvalue weighted by Gasteiger charge is -2.12. The molecule has 1 heterocycles. The summed E-state index contributed by atoms with van der Waals surface area (Å²) in [6.45, 7) is 2.77. The van der Waals surface area contributed by atoms with Crippen LogP contribution in [0.15, 0.2) is 36.9 Å². The van der Waals surface area contributed by atoms with Crippen LogP contribution in [-0.2, 0) is 11.3 Å². The summed E-state index contributed by atoms with van der Waals surface area (Å²) in [6.07, 6.45) is 4.81. The van der Waals surface area contributed by atoms with E-state index in [0.29, 0.717) is 18.8 Å². The van der Waals surface area contributed by atoms with E-state index in [4.69, 9.17) is 0 Å². The molecule has 2 aromatic rings. The first-order chi connectivity index (χ1) is 10.1. The maximum Gasteiger partial charge on any atom is 0.224 e. The number of nitrogens with one attached hydrogen (secondary N) is 2. The number of carbonyl (C=O) groups is 1. The zero-order valence-electron chi connectivity index (χ0n) is 12.1. The third-order valence-corrected chi connectivity index (χ3v) is 3.22. The Morgan fingerprint density at radius 2 is 2.29 bits per heavy atom. The summed E-state index contributed by atoms with van der Waals surface area (Å²) in [5.74, 6) is -0.517. The lowest BCUT2D eigenvalue weighted by molar-refractivity contribution is -0.124. The molecule has 1 atom stereocenters. The second-order valence-corrected chi connectivity index (χ2v) is 4.93. The number of hydrogen-bond acceptors (Lipinski definition) is 3. The van der Waals surface area contributed by atoms with E-state index >= 15 is 0 Å². The van der Waals surface area contributed by atoms with Gasteiger partial charge in [-0.2, -0.15) is 0 Å². The normalized spacial score (nSPS) is 12.1. The van der Waals surface area contributed by atoms with Crippen molar-refractivity contribution in [1.29, 1.82) is 0 Å². The number of carbonyl (C=O) groups excluding carboxylic acids is 1. The Hall–Kier alpha value is -2.21. The Kier molecular flexibility index (Phi) is 5.05. The Bertz CT molecular complexity index is 598. The van der Waals surface area contributed by atoms with Gasteiger partial charge in [0, 0.05) is 31.4 Å². The van der Waals surface area contributed by atoms with Gasteiger partial charge in [0.05, 0.1) is 12.0 Å². The van der Waals surface area contributed by atoms with E-state index < -0.39 is 0 Å². The standard InChI is InChI=1S/C15H19FN4O/c1-11(8-17-2)15(21)19-9-12-3-4-14(13(16)7-12)20-6-5-18-10-20/h3-7,10-11,17H,8-9H2,1-2H3,(H,19,21). The van der Waals surface area contributed by atoms with Gasteiger partial charge in [-0.15, -0.1) is 0 Å². The van der Waals surface area contributed by atoms with Crippen molar-refractivity contribution in [3.63, 3.8) is 0 Å². The predicted octanol–water partition coefficient (Wildman–Crippen LogP) is 1.48. The van der Waals surface area contributed by atoms with E-state index in [0.717, 1.165) is 5.56 Å². The van der Waals surface area contributed by atoms with Crippen molar-refractivity contribution in [2.24, 2.45) is 5.92 Å². The van der Waals surface area contributed by atoms with E-state index in [1.54, 1.807) is 42.5 Å². The highest BCUT2D eigenvalue weighted by Crippen LogP contribution is 2.15. The quantitative estimate of drug-likeness (QED) is 0.847. The zero-order chi connectivity index (χ0) is 15.2. The van der Waals surface area contributed by atoms with Crippen LogP contribution in [0.25, 0.3) is 5.69 Å². The average Bonchev–Trinajstić information content (AvgIpc) is 2.99. The molecule has 5 nitrogen and oxygen atoms in total. The third-order valence-electron chi connectivity index (χ3n) is 3.22. The van der Waals surface area contributed by atoms with Gasteiger partial charge in [0.1, 0.15) is 5.82 Å². The molecule has 0 bridgehead atoms. The number of hydrogen-bond donors (Lipinski definition) is 2. The molecular formula is C15H19FN4O. The van der Waals surface area contributed by atoms with Crippen molar-refractivity contribution < 1.29 is 9.18 Å². The zero-order valence-corrected chi connectivity index (χ0v) is 12.1. The molecule has 1 unspecified atom stereocenters. The topological polar surface area (TPSA) is 59.0 Å². The number of imidazole rings is 1. The van der Waals surface area contributed by atoms with Crippen LogP contribution in [0.1, 0.15) is 12.5 Å². The molecule has 0 aliphatic carbocycles. The Balaban J connectivity index is 1.99. The highest BCUT2D eigenvalue weighted by molar-refractivity contribution is 5.78. The number of halogens is 1. The smallest absolute Gasteiger partial charge is 0.224 e. The minimum Gasteiger partial charge on any atom is -0.352 e. The van der Waals surface area contributed by atoms with Crippen molar-refractivity contribution in [3.05, 3.63) is 48.3 Å². The largest absolute Gasteiger partial charge is 0.352 e. The number of benzene rings is 1. The third kappa shape index (κ3) is 3.88. The van der Waals surface area contributed by atoms with Crippen LogP contribution >= 0.6 is 0 Å². The first-order valence-corrected chi connectivity index (χ1v) is 6.81. The molecule has 2 rings (SSSR count). The summed E-state index contributed by atoms with van der Waals surface area (Å²) in [4.78, 5) is 15.7. The summed E-state index contributed by atoms with van der Waals surface area (Å²) in [5, 5.41) is 5.75. The molecule has 0 aliphatic heterocycles. The van der Waals surface area contributed by atoms with Crippen LogP contribution < -0.4 is 10.6 Å². The second kappa shape index (κ2) is 6.99. The summed E-state index contributed by atoms with van der Waals surface area (Å²) in [7, 11) is 1.80. The Morgan fingerprint density at radius 1 is 1.48 bits per heavy atom. The monoisotopic (exact) mass is 290 g/mol. The molecule has 0 saturated carbocycles. The van der Waals surface area contributed by atoms with Crippen LogP contribution in [0.3, 0.4) is 0 Å². The van der Waals surface area contributed by atoms with Crippen LogP contribution in [-0.4, -0.2) is 29.1 Å². The van der Waals surface area contributed by atoms with Crippen LogP contribution in [0, 0.1) is 11.7 Å². The fraction of sp³-hybridized carbons (Fsp3) is 0.333. The van der Waals surface area contributed by atoms with Gasteiger partial charge in [-0.3, -0.25) is 4.79 Å². The number of rotatable bonds is 6. The van der Waals surface area contributed by atoms with Gasteiger partial charge < -0.3 is 15.2 Å². The highest BCUT2D eigenvalue weighted by atomic mass is 19.1. The first kappa shape index (κ1) is 15.2. The predicted molar refractivity (Wildman–Crippen MR) is 78.5 cm³/mol. The summed E-state index contributed by atoms with van der Waals surface area (Å²) in [6, 6.07) is 4.90. The molecule has 2 N–H and O–H groups in total. The van der Waals surface area contributed by atoms with Crippen molar-refractivity contribution in [1.82, 2.24) is 20.2 Å². The van der Waals surface area contributed by atoms with Crippen LogP contribution in [0.5, 0.6) is 0 Å². The second-order valence-electron chi connectivity index (χ2n) is 4.93. The van der Waals surface area contributed by atoms with E-state index in [9.17, 15) is 9.18 Å². The SMILES string of the molecule is CNCC(C)C(=O)NCc1ccc(-n2ccnc2)c(F)c1. The summed E-state index contributed by atoms with van der Waals surface area (Å²) < 4.78 is 15.6. The Morgan fingerprint density at radius 3 is 2.90 bits per heavy atom. The molecule has 6 heteroatoms. The van der Waals surface area contributed by atoms with Crippen LogP contribution in [0.2, 0.25) is 0 Å². The average molecular weight is 290 g/mol. The summed E-state index contributed by atoms with van der Waals surface area (Å²) >= 11 is 0. The molecule has 21 heavy (non-hydrogen) atoms. The molecular weight excluding hydrogens is 271 g/mol. The van der Waals surface area contributed by atoms with Crippen molar-refractivity contribution >= 4 is 5.91 Å². The van der Waals surface area contributed by atoms with Gasteiger partial charge in [-0.1, -0.05) is 13.0 Å². The van der Waals surface area contributed by atoms with Crippen LogP contribution in [0.4, 0.5) is 4.39 Å². The maximum absolute atomic E-state index is 14.0. The lowest BCUT2D eigenvalue weighted by atomic mass is 10.1. The molecule has 0 aliphatic rings. The van der Waals surface area contributed by atoms with Gasteiger partial charge in [0.25, 0.3) is 0 Å². The van der Waals surface area contributed by atoms with Gasteiger partial charge in [0.2, 0.25) is 5.91 Å². The molecule has 1 aromatic heterocycles. The van der Waals surface area contributed by atoms with Gasteiger partial charge in [-0.05, 0) is 24.7 Å². The molecule has 1 amide bonds. The van der Waals surface area contributed by atoms with Crippen molar-refractivity contribution in [2.75, 3.05) is 13.6 Å². The molecule has 0 spiro atoms. The number of nitrogens with zero attached hydrogens (tertiary/aromatic N) is 2. The fourth-order valence-corrected chi connectivity index (χ4v) is 2.03. The lowest BCUT2D eigenvalue weighted by Crippen LogP contribution is -2.33. The van der Waals surface area contributed by atoms with Crippen molar-refractivity contribution in [2.45, 2.75) is 13.5 Å². The molecule has 1 aromatic carbocycles. The van der Waals surface area contributed by atoms with E-state index in [1.807, 2.05) is 6.92 Å².